The van der Waals surface area contributed by atoms with Gasteiger partial charge in [-0.1, -0.05) is 0 Å². The van der Waals surface area contributed by atoms with Crippen LogP contribution in [0.3, 0.4) is 0 Å². The molecule has 2 aliphatic rings. The van der Waals surface area contributed by atoms with Crippen molar-refractivity contribution in [1.29, 1.82) is 0 Å². The molecule has 0 bridgehead atoms. The SMILES string of the molecule is C[C@H]1CNCCN1S(=O)(=O)c1ccc2c(c1)OCCCO2.Cl. The fraction of sp³-hybridized carbons (Fsp3) is 0.571. The van der Waals surface area contributed by atoms with Crippen LogP contribution in [0.25, 0.3) is 0 Å². The lowest BCUT2D eigenvalue weighted by Crippen LogP contribution is -2.52. The number of nitrogens with zero attached hydrogens (tertiary/aromatic N) is 1. The number of hydrogen-bond donors (Lipinski definition) is 1. The molecule has 1 aromatic carbocycles. The summed E-state index contributed by atoms with van der Waals surface area (Å²) in [4.78, 5) is 0.264. The maximum atomic E-state index is 12.8. The molecule has 0 radical (unpaired) electrons. The van der Waals surface area contributed by atoms with Crippen LogP contribution in [0.5, 0.6) is 11.5 Å². The van der Waals surface area contributed by atoms with Crippen LogP contribution in [0.1, 0.15) is 13.3 Å². The lowest BCUT2D eigenvalue weighted by Gasteiger charge is -2.32. The van der Waals surface area contributed by atoms with Gasteiger partial charge in [0.1, 0.15) is 0 Å². The number of rotatable bonds is 2. The Hall–Kier alpha value is -1.02. The van der Waals surface area contributed by atoms with Crippen molar-refractivity contribution in [2.75, 3.05) is 32.8 Å². The number of halogens is 1. The summed E-state index contributed by atoms with van der Waals surface area (Å²) in [7, 11) is -3.50. The number of hydrogen-bond acceptors (Lipinski definition) is 5. The van der Waals surface area contributed by atoms with Crippen LogP contribution in [-0.2, 0) is 10.0 Å². The molecule has 124 valence electrons. The molecule has 0 aromatic heterocycles. The van der Waals surface area contributed by atoms with Gasteiger partial charge < -0.3 is 14.8 Å². The standard InChI is InChI=1S/C14H20N2O4S.ClH/c1-11-10-15-5-6-16(11)21(17,18)12-3-4-13-14(9-12)20-8-2-7-19-13;/h3-4,9,11,15H,2,5-8,10H2,1H3;1H/t11-;/m0./s1. The summed E-state index contributed by atoms with van der Waals surface area (Å²) in [5.41, 5.74) is 0. The summed E-state index contributed by atoms with van der Waals surface area (Å²) >= 11 is 0. The zero-order valence-corrected chi connectivity index (χ0v) is 14.1. The van der Waals surface area contributed by atoms with Gasteiger partial charge in [0.05, 0.1) is 18.1 Å². The van der Waals surface area contributed by atoms with Gasteiger partial charge >= 0.3 is 0 Å². The lowest BCUT2D eigenvalue weighted by atomic mass is 10.3. The number of benzene rings is 1. The van der Waals surface area contributed by atoms with E-state index in [1.807, 2.05) is 6.92 Å². The third-order valence-corrected chi connectivity index (χ3v) is 5.78. The predicted molar refractivity (Wildman–Crippen MR) is 85.5 cm³/mol. The third kappa shape index (κ3) is 3.32. The van der Waals surface area contributed by atoms with Crippen molar-refractivity contribution in [3.05, 3.63) is 18.2 Å². The van der Waals surface area contributed by atoms with E-state index in [2.05, 4.69) is 5.32 Å². The Morgan fingerprint density at radius 3 is 2.68 bits per heavy atom. The molecule has 0 aliphatic carbocycles. The topological polar surface area (TPSA) is 67.9 Å². The first-order valence-electron chi connectivity index (χ1n) is 7.21. The molecule has 1 fully saturated rings. The molecule has 0 saturated carbocycles. The molecule has 0 amide bonds. The smallest absolute Gasteiger partial charge is 0.243 e. The van der Waals surface area contributed by atoms with Crippen molar-refractivity contribution in [3.63, 3.8) is 0 Å². The van der Waals surface area contributed by atoms with Gasteiger partial charge in [0, 0.05) is 38.2 Å². The molecule has 2 aliphatic heterocycles. The molecule has 0 unspecified atom stereocenters. The van der Waals surface area contributed by atoms with Crippen LogP contribution in [0.15, 0.2) is 23.1 Å². The summed E-state index contributed by atoms with van der Waals surface area (Å²) in [6, 6.07) is 4.79. The quantitative estimate of drug-likeness (QED) is 0.871. The molecular weight excluding hydrogens is 328 g/mol. The van der Waals surface area contributed by atoms with Crippen molar-refractivity contribution in [1.82, 2.24) is 9.62 Å². The second kappa shape index (κ2) is 7.04. The van der Waals surface area contributed by atoms with Crippen molar-refractivity contribution < 1.29 is 17.9 Å². The van der Waals surface area contributed by atoms with Gasteiger partial charge in [-0.2, -0.15) is 4.31 Å². The van der Waals surface area contributed by atoms with E-state index in [1.165, 1.54) is 0 Å². The van der Waals surface area contributed by atoms with E-state index in [9.17, 15) is 8.42 Å². The summed E-state index contributed by atoms with van der Waals surface area (Å²) in [5.74, 6) is 1.12. The second-order valence-corrected chi connectivity index (χ2v) is 7.22. The van der Waals surface area contributed by atoms with E-state index in [-0.39, 0.29) is 23.3 Å². The molecular formula is C14H21ClN2O4S. The van der Waals surface area contributed by atoms with Gasteiger partial charge in [-0.15, -0.1) is 12.4 Å². The molecule has 1 N–H and O–H groups in total. The Labute approximate surface area is 137 Å². The highest BCUT2D eigenvalue weighted by Crippen LogP contribution is 2.33. The van der Waals surface area contributed by atoms with Gasteiger partial charge in [0.2, 0.25) is 10.0 Å². The minimum atomic E-state index is -3.50. The van der Waals surface area contributed by atoms with Crippen LogP contribution in [0.4, 0.5) is 0 Å². The Balaban J connectivity index is 0.00000176. The molecule has 6 nitrogen and oxygen atoms in total. The summed E-state index contributed by atoms with van der Waals surface area (Å²) in [5, 5.41) is 3.20. The summed E-state index contributed by atoms with van der Waals surface area (Å²) < 4.78 is 38.2. The van der Waals surface area contributed by atoms with E-state index in [0.29, 0.717) is 44.3 Å². The molecule has 1 aromatic rings. The van der Waals surface area contributed by atoms with Crippen molar-refractivity contribution in [2.24, 2.45) is 0 Å². The lowest BCUT2D eigenvalue weighted by molar-refractivity contribution is 0.283. The number of fused-ring (bicyclic) bond motifs is 1. The van der Waals surface area contributed by atoms with Crippen LogP contribution >= 0.6 is 12.4 Å². The van der Waals surface area contributed by atoms with Crippen LogP contribution < -0.4 is 14.8 Å². The van der Waals surface area contributed by atoms with Gasteiger partial charge in [0.25, 0.3) is 0 Å². The number of nitrogens with one attached hydrogen (secondary N) is 1. The second-order valence-electron chi connectivity index (χ2n) is 5.33. The first kappa shape index (κ1) is 17.3. The van der Waals surface area contributed by atoms with E-state index >= 15 is 0 Å². The third-order valence-electron chi connectivity index (χ3n) is 3.77. The minimum absolute atomic E-state index is 0. The Bertz CT molecular complexity index is 623. The zero-order valence-electron chi connectivity index (χ0n) is 12.4. The Morgan fingerprint density at radius 1 is 1.23 bits per heavy atom. The maximum Gasteiger partial charge on any atom is 0.243 e. The monoisotopic (exact) mass is 348 g/mol. The van der Waals surface area contributed by atoms with E-state index in [1.54, 1.807) is 22.5 Å². The molecule has 22 heavy (non-hydrogen) atoms. The fourth-order valence-corrected chi connectivity index (χ4v) is 4.27. The highest BCUT2D eigenvalue weighted by Gasteiger charge is 2.31. The fourth-order valence-electron chi connectivity index (χ4n) is 2.62. The largest absolute Gasteiger partial charge is 0.490 e. The molecule has 1 atom stereocenters. The molecule has 8 heteroatoms. The van der Waals surface area contributed by atoms with Crippen LogP contribution in [0.2, 0.25) is 0 Å². The van der Waals surface area contributed by atoms with Crippen molar-refractivity contribution in [2.45, 2.75) is 24.3 Å². The first-order valence-corrected chi connectivity index (χ1v) is 8.65. The van der Waals surface area contributed by atoms with Crippen molar-refractivity contribution in [3.8, 4) is 11.5 Å². The van der Waals surface area contributed by atoms with Crippen LogP contribution in [-0.4, -0.2) is 51.6 Å². The number of ether oxygens (including phenoxy) is 2. The predicted octanol–water partition coefficient (Wildman–Crippen LogP) is 1.25. The maximum absolute atomic E-state index is 12.8. The highest BCUT2D eigenvalue weighted by atomic mass is 35.5. The van der Waals surface area contributed by atoms with Gasteiger partial charge in [-0.05, 0) is 19.1 Å². The number of sulfonamides is 1. The molecule has 0 spiro atoms. The normalized spacial score (nSPS) is 22.5. The Morgan fingerprint density at radius 2 is 1.95 bits per heavy atom. The van der Waals surface area contributed by atoms with Gasteiger partial charge in [0.15, 0.2) is 11.5 Å². The minimum Gasteiger partial charge on any atom is -0.490 e. The van der Waals surface area contributed by atoms with E-state index in [4.69, 9.17) is 9.47 Å². The summed E-state index contributed by atoms with van der Waals surface area (Å²) in [6.07, 6.45) is 0.797. The summed E-state index contributed by atoms with van der Waals surface area (Å²) in [6.45, 7) is 4.87. The average Bonchev–Trinajstić information content (AvgIpc) is 2.72. The molecule has 1 saturated heterocycles. The van der Waals surface area contributed by atoms with Gasteiger partial charge in [-0.3, -0.25) is 0 Å². The average molecular weight is 349 g/mol. The molecule has 2 heterocycles. The number of piperazine rings is 1. The Kier molecular flexibility index (Phi) is 5.55. The van der Waals surface area contributed by atoms with E-state index < -0.39 is 10.0 Å². The molecule has 3 rings (SSSR count). The van der Waals surface area contributed by atoms with Crippen LogP contribution in [0, 0.1) is 0 Å². The first-order chi connectivity index (χ1) is 10.1. The highest BCUT2D eigenvalue weighted by molar-refractivity contribution is 7.89. The zero-order chi connectivity index (χ0) is 14.9. The van der Waals surface area contributed by atoms with E-state index in [0.717, 1.165) is 6.42 Å². The van der Waals surface area contributed by atoms with Crippen molar-refractivity contribution >= 4 is 22.4 Å². The van der Waals surface area contributed by atoms with Gasteiger partial charge in [-0.25, -0.2) is 8.42 Å².